The normalized spacial score (nSPS) is 15.6. The number of esters is 1. The highest BCUT2D eigenvalue weighted by molar-refractivity contribution is 5.78. The second-order valence-electron chi connectivity index (χ2n) is 7.63. The molecule has 1 fully saturated rings. The Bertz CT molecular complexity index is 574. The number of rotatable bonds is 8. The topological polar surface area (TPSA) is 46.6 Å². The van der Waals surface area contributed by atoms with Gasteiger partial charge in [0.05, 0.1) is 13.0 Å². The molecule has 1 aromatic carbocycles. The maximum absolute atomic E-state index is 13.0. The molecule has 2 rings (SSSR count). The fourth-order valence-corrected chi connectivity index (χ4v) is 3.85. The van der Waals surface area contributed by atoms with Crippen LogP contribution in [0, 0.1) is 6.92 Å². The lowest BCUT2D eigenvalue weighted by atomic mass is 9.95. The van der Waals surface area contributed by atoms with Gasteiger partial charge < -0.3 is 9.64 Å². The molecule has 0 atom stereocenters. The highest BCUT2D eigenvalue weighted by Gasteiger charge is 2.24. The molecule has 0 N–H and O–H groups in total. The minimum absolute atomic E-state index is 0.172. The number of hydrogen-bond acceptors (Lipinski definition) is 3. The van der Waals surface area contributed by atoms with Crippen molar-refractivity contribution in [2.45, 2.75) is 84.1 Å². The first kappa shape index (κ1) is 21.5. The van der Waals surface area contributed by atoms with E-state index in [1.54, 1.807) is 0 Å². The van der Waals surface area contributed by atoms with Crippen molar-refractivity contribution in [1.82, 2.24) is 4.90 Å². The summed E-state index contributed by atoms with van der Waals surface area (Å²) in [5.41, 5.74) is 2.42. The van der Waals surface area contributed by atoms with Crippen LogP contribution in [0.4, 0.5) is 0 Å². The van der Waals surface area contributed by atoms with Crippen LogP contribution in [0.25, 0.3) is 0 Å². The third-order valence-corrected chi connectivity index (χ3v) is 5.45. The summed E-state index contributed by atoms with van der Waals surface area (Å²) in [7, 11) is 0. The summed E-state index contributed by atoms with van der Waals surface area (Å²) in [6.07, 6.45) is 9.80. The zero-order valence-electron chi connectivity index (χ0n) is 17.0. The maximum atomic E-state index is 13.0. The molecule has 0 aromatic heterocycles. The zero-order valence-corrected chi connectivity index (χ0v) is 17.0. The maximum Gasteiger partial charge on any atom is 0.307 e. The highest BCUT2D eigenvalue weighted by atomic mass is 16.5. The van der Waals surface area contributed by atoms with Gasteiger partial charge in [0.25, 0.3) is 0 Å². The van der Waals surface area contributed by atoms with E-state index >= 15 is 0 Å². The van der Waals surface area contributed by atoms with Gasteiger partial charge >= 0.3 is 5.97 Å². The SMILES string of the molecule is CCOC(=O)CCN(C(=O)CCc1ccc(C)cc1)C1CCCCCCC1. The zero-order chi connectivity index (χ0) is 19.5. The van der Waals surface area contributed by atoms with Crippen LogP contribution in [0.3, 0.4) is 0 Å². The Morgan fingerprint density at radius 3 is 2.26 bits per heavy atom. The molecule has 27 heavy (non-hydrogen) atoms. The Labute approximate surface area is 164 Å². The van der Waals surface area contributed by atoms with Gasteiger partial charge in [-0.1, -0.05) is 61.9 Å². The molecular weight excluding hydrogens is 338 g/mol. The molecule has 150 valence electrons. The molecule has 0 bridgehead atoms. The van der Waals surface area contributed by atoms with E-state index in [2.05, 4.69) is 31.2 Å². The summed E-state index contributed by atoms with van der Waals surface area (Å²) in [6.45, 7) is 4.76. The first-order valence-corrected chi connectivity index (χ1v) is 10.6. The van der Waals surface area contributed by atoms with E-state index in [0.717, 1.165) is 19.3 Å². The molecular formula is C23H35NO3. The van der Waals surface area contributed by atoms with Crippen LogP contribution >= 0.6 is 0 Å². The lowest BCUT2D eigenvalue weighted by Gasteiger charge is -2.33. The van der Waals surface area contributed by atoms with Crippen molar-refractivity contribution in [3.8, 4) is 0 Å². The summed E-state index contributed by atoms with van der Waals surface area (Å²) < 4.78 is 5.07. The number of ether oxygens (including phenoxy) is 1. The Hall–Kier alpha value is -1.84. The molecule has 1 aromatic rings. The van der Waals surface area contributed by atoms with Gasteiger partial charge in [-0.2, -0.15) is 0 Å². The van der Waals surface area contributed by atoms with Gasteiger partial charge in [0.2, 0.25) is 5.91 Å². The Morgan fingerprint density at radius 2 is 1.63 bits per heavy atom. The largest absolute Gasteiger partial charge is 0.466 e. The summed E-state index contributed by atoms with van der Waals surface area (Å²) in [5, 5.41) is 0. The predicted molar refractivity (Wildman–Crippen MR) is 109 cm³/mol. The van der Waals surface area contributed by atoms with E-state index in [1.165, 1.54) is 43.2 Å². The Morgan fingerprint density at radius 1 is 1.00 bits per heavy atom. The minimum atomic E-state index is -0.209. The van der Waals surface area contributed by atoms with Crippen molar-refractivity contribution in [1.29, 1.82) is 0 Å². The van der Waals surface area contributed by atoms with Crippen LogP contribution < -0.4 is 0 Å². The van der Waals surface area contributed by atoms with Crippen molar-refractivity contribution in [2.24, 2.45) is 0 Å². The lowest BCUT2D eigenvalue weighted by Crippen LogP contribution is -2.42. The van der Waals surface area contributed by atoms with Crippen LogP contribution in [-0.4, -0.2) is 36.0 Å². The Balaban J connectivity index is 1.98. The molecule has 1 aliphatic carbocycles. The Kier molecular flexibility index (Phi) is 9.37. The van der Waals surface area contributed by atoms with Crippen LogP contribution in [0.5, 0.6) is 0 Å². The molecule has 0 heterocycles. The highest BCUT2D eigenvalue weighted by Crippen LogP contribution is 2.23. The van der Waals surface area contributed by atoms with Gasteiger partial charge in [0.1, 0.15) is 0 Å². The third kappa shape index (κ3) is 7.74. The van der Waals surface area contributed by atoms with E-state index in [4.69, 9.17) is 4.74 Å². The smallest absolute Gasteiger partial charge is 0.307 e. The van der Waals surface area contributed by atoms with E-state index in [0.29, 0.717) is 26.0 Å². The van der Waals surface area contributed by atoms with Crippen molar-refractivity contribution in [3.05, 3.63) is 35.4 Å². The quantitative estimate of drug-likeness (QED) is 0.614. The van der Waals surface area contributed by atoms with Crippen LogP contribution in [0.2, 0.25) is 0 Å². The van der Waals surface area contributed by atoms with E-state index < -0.39 is 0 Å². The summed E-state index contributed by atoms with van der Waals surface area (Å²) >= 11 is 0. The molecule has 4 nitrogen and oxygen atoms in total. The molecule has 1 aliphatic rings. The van der Waals surface area contributed by atoms with E-state index in [9.17, 15) is 9.59 Å². The summed E-state index contributed by atoms with van der Waals surface area (Å²) in [4.78, 5) is 26.8. The predicted octanol–water partition coefficient (Wildman–Crippen LogP) is 4.82. The fraction of sp³-hybridized carbons (Fsp3) is 0.652. The summed E-state index contributed by atoms with van der Waals surface area (Å²) in [5.74, 6) is -0.0369. The van der Waals surface area contributed by atoms with E-state index in [-0.39, 0.29) is 17.9 Å². The molecule has 4 heteroatoms. The molecule has 0 spiro atoms. The average Bonchev–Trinajstić information content (AvgIpc) is 2.63. The minimum Gasteiger partial charge on any atom is -0.466 e. The number of amides is 1. The lowest BCUT2D eigenvalue weighted by molar-refractivity contribution is -0.144. The van der Waals surface area contributed by atoms with Crippen molar-refractivity contribution >= 4 is 11.9 Å². The number of aryl methyl sites for hydroxylation is 2. The molecule has 0 aliphatic heterocycles. The fourth-order valence-electron chi connectivity index (χ4n) is 3.85. The van der Waals surface area contributed by atoms with Gasteiger partial charge in [-0.15, -0.1) is 0 Å². The number of hydrogen-bond donors (Lipinski definition) is 0. The van der Waals surface area contributed by atoms with Gasteiger partial charge in [-0.3, -0.25) is 9.59 Å². The van der Waals surface area contributed by atoms with Gasteiger partial charge in [0.15, 0.2) is 0 Å². The standard InChI is InChI=1S/C23H35NO3/c1-3-27-23(26)17-18-24(21-9-7-5-4-6-8-10-21)22(25)16-15-20-13-11-19(2)12-14-20/h11-14,21H,3-10,15-18H2,1-2H3. The number of carbonyl (C=O) groups excluding carboxylic acids is 2. The van der Waals surface area contributed by atoms with Gasteiger partial charge in [-0.05, 0) is 38.7 Å². The monoisotopic (exact) mass is 373 g/mol. The van der Waals surface area contributed by atoms with Gasteiger partial charge in [-0.25, -0.2) is 0 Å². The van der Waals surface area contributed by atoms with Crippen LogP contribution in [0.15, 0.2) is 24.3 Å². The van der Waals surface area contributed by atoms with Crippen molar-refractivity contribution in [3.63, 3.8) is 0 Å². The summed E-state index contributed by atoms with van der Waals surface area (Å²) in [6, 6.07) is 8.65. The van der Waals surface area contributed by atoms with Gasteiger partial charge in [0, 0.05) is 19.0 Å². The third-order valence-electron chi connectivity index (χ3n) is 5.45. The molecule has 0 radical (unpaired) electrons. The first-order chi connectivity index (χ1) is 13.1. The molecule has 0 saturated heterocycles. The van der Waals surface area contributed by atoms with Crippen molar-refractivity contribution in [2.75, 3.05) is 13.2 Å². The van der Waals surface area contributed by atoms with E-state index in [1.807, 2.05) is 11.8 Å². The second-order valence-corrected chi connectivity index (χ2v) is 7.63. The van der Waals surface area contributed by atoms with Crippen LogP contribution in [-0.2, 0) is 20.7 Å². The molecule has 0 unspecified atom stereocenters. The number of carbonyl (C=O) groups is 2. The molecule has 1 amide bonds. The van der Waals surface area contributed by atoms with Crippen molar-refractivity contribution < 1.29 is 14.3 Å². The number of benzene rings is 1. The molecule has 1 saturated carbocycles. The average molecular weight is 374 g/mol. The first-order valence-electron chi connectivity index (χ1n) is 10.6. The van der Waals surface area contributed by atoms with Crippen LogP contribution in [0.1, 0.15) is 75.8 Å². The second kappa shape index (κ2) is 11.8. The number of nitrogens with zero attached hydrogens (tertiary/aromatic N) is 1.